The zero-order valence-electron chi connectivity index (χ0n) is 14.3. The van der Waals surface area contributed by atoms with Crippen molar-refractivity contribution < 1.29 is 18.6 Å². The monoisotopic (exact) mass is 359 g/mol. The quantitative estimate of drug-likeness (QED) is 0.664. The normalized spacial score (nSPS) is 20.2. The predicted molar refractivity (Wildman–Crippen MR) is 96.8 cm³/mol. The van der Waals surface area contributed by atoms with E-state index in [-0.39, 0.29) is 24.0 Å². The van der Waals surface area contributed by atoms with E-state index in [1.165, 1.54) is 5.70 Å². The third-order valence-corrected chi connectivity index (χ3v) is 6.00. The maximum atomic E-state index is 12.3. The van der Waals surface area contributed by atoms with Crippen LogP contribution >= 0.6 is 10.6 Å². The maximum absolute atomic E-state index is 12.3. The minimum absolute atomic E-state index is 0.0831. The molecule has 0 atom stereocenters. The van der Waals surface area contributed by atoms with Crippen LogP contribution in [0.5, 0.6) is 0 Å². The molecule has 7 nitrogen and oxygen atoms in total. The molecule has 1 amide bonds. The Morgan fingerprint density at radius 1 is 1.25 bits per heavy atom. The number of rotatable bonds is 6. The molecule has 138 valence electrons. The van der Waals surface area contributed by atoms with Gasteiger partial charge in [-0.05, 0) is 25.0 Å². The van der Waals surface area contributed by atoms with Crippen LogP contribution in [0.2, 0.25) is 0 Å². The molecule has 0 bridgehead atoms. The standard InChI is InChI=1S/C16H29N3O4S/c1-23-15-5-3-14(4-6-15)18-8-2-9-19(11-10-18)16(20)13-24(21,22)12-7-17/h3,5,21-22H,2,4,6-13,17H2,1H3. The van der Waals surface area contributed by atoms with Crippen LogP contribution in [0.1, 0.15) is 19.3 Å². The Hall–Kier alpha value is -1.22. The van der Waals surface area contributed by atoms with Crippen molar-refractivity contribution in [3.63, 3.8) is 0 Å². The molecule has 1 saturated heterocycles. The number of allylic oxidation sites excluding steroid dienone is 4. The van der Waals surface area contributed by atoms with Crippen molar-refractivity contribution in [3.8, 4) is 0 Å². The van der Waals surface area contributed by atoms with Crippen molar-refractivity contribution in [2.75, 3.05) is 51.3 Å². The summed E-state index contributed by atoms with van der Waals surface area (Å²) in [7, 11) is -1.21. The Morgan fingerprint density at radius 3 is 2.67 bits per heavy atom. The second kappa shape index (κ2) is 8.75. The molecular formula is C16H29N3O4S. The Morgan fingerprint density at radius 2 is 2.04 bits per heavy atom. The third-order valence-electron chi connectivity index (χ3n) is 4.41. The van der Waals surface area contributed by atoms with Gasteiger partial charge in [-0.2, -0.15) is 10.6 Å². The lowest BCUT2D eigenvalue weighted by atomic mass is 10.1. The van der Waals surface area contributed by atoms with Crippen LogP contribution in [-0.2, 0) is 9.53 Å². The summed E-state index contributed by atoms with van der Waals surface area (Å²) in [4.78, 5) is 16.4. The first kappa shape index (κ1) is 19.1. The molecule has 24 heavy (non-hydrogen) atoms. The molecule has 1 aliphatic heterocycles. The Labute approximate surface area is 145 Å². The lowest BCUT2D eigenvalue weighted by molar-refractivity contribution is -0.128. The zero-order valence-corrected chi connectivity index (χ0v) is 15.1. The molecule has 0 aromatic heterocycles. The highest BCUT2D eigenvalue weighted by Gasteiger charge is 2.25. The highest BCUT2D eigenvalue weighted by atomic mass is 32.3. The molecule has 0 radical (unpaired) electrons. The Kier molecular flexibility index (Phi) is 6.97. The van der Waals surface area contributed by atoms with Crippen molar-refractivity contribution in [1.82, 2.24) is 9.80 Å². The molecule has 1 aliphatic carbocycles. The molecule has 0 aromatic carbocycles. The van der Waals surface area contributed by atoms with E-state index in [1.807, 2.05) is 6.08 Å². The average molecular weight is 359 g/mol. The highest BCUT2D eigenvalue weighted by Crippen LogP contribution is 2.37. The summed E-state index contributed by atoms with van der Waals surface area (Å²) in [6.07, 6.45) is 6.83. The summed E-state index contributed by atoms with van der Waals surface area (Å²) < 4.78 is 25.0. The molecule has 0 unspecified atom stereocenters. The molecule has 8 heteroatoms. The molecule has 4 N–H and O–H groups in total. The van der Waals surface area contributed by atoms with Gasteiger partial charge in [-0.1, -0.05) is 0 Å². The summed E-state index contributed by atoms with van der Waals surface area (Å²) in [5.41, 5.74) is 6.64. The van der Waals surface area contributed by atoms with Crippen molar-refractivity contribution >= 4 is 16.5 Å². The molecule has 1 fully saturated rings. The summed E-state index contributed by atoms with van der Waals surface area (Å²) in [5.74, 6) is 0.673. The molecule has 2 rings (SSSR count). The smallest absolute Gasteiger partial charge is 0.241 e. The van der Waals surface area contributed by atoms with Crippen molar-refractivity contribution in [3.05, 3.63) is 23.6 Å². The number of carbonyl (C=O) groups excluding carboxylic acids is 1. The van der Waals surface area contributed by atoms with Gasteiger partial charge >= 0.3 is 0 Å². The second-order valence-electron chi connectivity index (χ2n) is 6.16. The first-order chi connectivity index (χ1) is 11.4. The van der Waals surface area contributed by atoms with Crippen molar-refractivity contribution in [2.45, 2.75) is 19.3 Å². The lowest BCUT2D eigenvalue weighted by Crippen LogP contribution is -2.38. The number of hydrogen-bond acceptors (Lipinski definition) is 6. The van der Waals surface area contributed by atoms with Gasteiger partial charge in [0.1, 0.15) is 5.75 Å². The minimum Gasteiger partial charge on any atom is -0.501 e. The van der Waals surface area contributed by atoms with E-state index in [2.05, 4.69) is 11.0 Å². The molecular weight excluding hydrogens is 330 g/mol. The third kappa shape index (κ3) is 5.41. The van der Waals surface area contributed by atoms with Gasteiger partial charge in [0.2, 0.25) is 5.91 Å². The predicted octanol–water partition coefficient (Wildman–Crippen LogP) is 1.44. The van der Waals surface area contributed by atoms with Gasteiger partial charge in [0.15, 0.2) is 0 Å². The SMILES string of the molecule is COC1=CC=C(N2CCCN(C(=O)CS(O)(O)CCN)CC2)CC1. The molecule has 2 aliphatic rings. The van der Waals surface area contributed by atoms with Crippen LogP contribution in [0.25, 0.3) is 0 Å². The van der Waals surface area contributed by atoms with Crippen LogP contribution in [-0.4, -0.2) is 76.2 Å². The van der Waals surface area contributed by atoms with E-state index in [4.69, 9.17) is 10.5 Å². The number of amides is 1. The van der Waals surface area contributed by atoms with Crippen LogP contribution < -0.4 is 5.73 Å². The fourth-order valence-electron chi connectivity index (χ4n) is 3.04. The summed E-state index contributed by atoms with van der Waals surface area (Å²) in [5, 5.41) is 0. The van der Waals surface area contributed by atoms with Gasteiger partial charge in [0.05, 0.1) is 18.6 Å². The molecule has 0 saturated carbocycles. The van der Waals surface area contributed by atoms with E-state index in [0.717, 1.165) is 38.1 Å². The lowest BCUT2D eigenvalue weighted by Gasteiger charge is -2.33. The Balaban J connectivity index is 1.90. The van der Waals surface area contributed by atoms with Gasteiger partial charge in [-0.15, -0.1) is 0 Å². The summed E-state index contributed by atoms with van der Waals surface area (Å²) in [6.45, 7) is 3.11. The summed E-state index contributed by atoms with van der Waals surface area (Å²) in [6, 6.07) is 0. The molecule has 0 spiro atoms. The van der Waals surface area contributed by atoms with Crippen molar-refractivity contribution in [1.29, 1.82) is 0 Å². The first-order valence-electron chi connectivity index (χ1n) is 8.35. The number of methoxy groups -OCH3 is 1. The van der Waals surface area contributed by atoms with Gasteiger partial charge in [-0.25, -0.2) is 0 Å². The minimum atomic E-state index is -2.90. The topological polar surface area (TPSA) is 99.3 Å². The average Bonchev–Trinajstić information content (AvgIpc) is 2.80. The van der Waals surface area contributed by atoms with E-state index in [1.54, 1.807) is 12.0 Å². The number of nitrogens with zero attached hydrogens (tertiary/aromatic N) is 2. The van der Waals surface area contributed by atoms with Crippen molar-refractivity contribution in [2.24, 2.45) is 5.73 Å². The fourth-order valence-corrected chi connectivity index (χ4v) is 4.14. The zero-order chi connectivity index (χ0) is 17.6. The number of hydrogen-bond donors (Lipinski definition) is 3. The second-order valence-corrected chi connectivity index (χ2v) is 8.46. The van der Waals surface area contributed by atoms with E-state index in [9.17, 15) is 13.9 Å². The maximum Gasteiger partial charge on any atom is 0.241 e. The first-order valence-corrected chi connectivity index (χ1v) is 10.2. The van der Waals surface area contributed by atoms with E-state index >= 15 is 0 Å². The van der Waals surface area contributed by atoms with Gasteiger partial charge in [-0.3, -0.25) is 13.9 Å². The van der Waals surface area contributed by atoms with Crippen LogP contribution in [0.4, 0.5) is 0 Å². The highest BCUT2D eigenvalue weighted by molar-refractivity contribution is 8.24. The van der Waals surface area contributed by atoms with Gasteiger partial charge < -0.3 is 20.3 Å². The molecule has 1 heterocycles. The molecule has 0 aromatic rings. The van der Waals surface area contributed by atoms with Crippen LogP contribution in [0.3, 0.4) is 0 Å². The Bertz CT molecular complexity index is 508. The van der Waals surface area contributed by atoms with E-state index < -0.39 is 10.6 Å². The van der Waals surface area contributed by atoms with Gasteiger partial charge in [0.25, 0.3) is 0 Å². The van der Waals surface area contributed by atoms with Crippen LogP contribution in [0.15, 0.2) is 23.6 Å². The number of nitrogens with two attached hydrogens (primary N) is 1. The number of carbonyl (C=O) groups is 1. The van der Waals surface area contributed by atoms with Crippen LogP contribution in [0, 0.1) is 0 Å². The number of ether oxygens (including phenoxy) is 1. The van der Waals surface area contributed by atoms with E-state index in [0.29, 0.717) is 13.1 Å². The summed E-state index contributed by atoms with van der Waals surface area (Å²) >= 11 is 0. The fraction of sp³-hybridized carbons (Fsp3) is 0.688. The van der Waals surface area contributed by atoms with Gasteiger partial charge in [0, 0.05) is 44.8 Å². The largest absolute Gasteiger partial charge is 0.501 e.